The summed E-state index contributed by atoms with van der Waals surface area (Å²) in [5.74, 6) is 0.780. The molecule has 0 aliphatic heterocycles. The monoisotopic (exact) mass is 252 g/mol. The third kappa shape index (κ3) is 3.05. The Kier molecular flexibility index (Phi) is 4.66. The first-order valence-corrected chi connectivity index (χ1v) is 7.67. The van der Waals surface area contributed by atoms with E-state index in [0.717, 1.165) is 19.3 Å². The molecule has 0 bridgehead atoms. The minimum atomic E-state index is -0.116. The van der Waals surface area contributed by atoms with Crippen molar-refractivity contribution in [2.45, 2.75) is 70.8 Å². The fraction of sp³-hybridized carbons (Fsp3) is 0.933. The van der Waals surface area contributed by atoms with Crippen molar-refractivity contribution < 1.29 is 4.79 Å². The summed E-state index contributed by atoms with van der Waals surface area (Å²) >= 11 is 0. The summed E-state index contributed by atoms with van der Waals surface area (Å²) in [6.45, 7) is 2.85. The van der Waals surface area contributed by atoms with E-state index in [1.54, 1.807) is 0 Å². The highest BCUT2D eigenvalue weighted by Crippen LogP contribution is 2.36. The highest BCUT2D eigenvalue weighted by Gasteiger charge is 2.36. The third-order valence-electron chi connectivity index (χ3n) is 5.03. The number of carbonyl (C=O) groups excluding carboxylic acids is 1. The molecule has 3 N–H and O–H groups in total. The molecule has 2 aliphatic rings. The lowest BCUT2D eigenvalue weighted by Gasteiger charge is -2.37. The first-order chi connectivity index (χ1) is 8.65. The Balaban J connectivity index is 1.92. The standard InChI is InChI=1S/C15H28N2O/c1-15(9-5-2-6-10-15)14(18)17-13-8-4-3-7-12(13)11-16/h12-13H,2-11,16H2,1H3,(H,17,18). The van der Waals surface area contributed by atoms with Gasteiger partial charge < -0.3 is 11.1 Å². The molecule has 0 aromatic heterocycles. The van der Waals surface area contributed by atoms with Crippen LogP contribution in [-0.4, -0.2) is 18.5 Å². The third-order valence-corrected chi connectivity index (χ3v) is 5.03. The Hall–Kier alpha value is -0.570. The van der Waals surface area contributed by atoms with Gasteiger partial charge in [0.25, 0.3) is 0 Å². The van der Waals surface area contributed by atoms with Gasteiger partial charge in [0.1, 0.15) is 0 Å². The van der Waals surface area contributed by atoms with Crippen LogP contribution in [0.2, 0.25) is 0 Å². The molecule has 0 saturated heterocycles. The summed E-state index contributed by atoms with van der Waals surface area (Å²) < 4.78 is 0. The van der Waals surface area contributed by atoms with E-state index >= 15 is 0 Å². The second kappa shape index (κ2) is 6.05. The fourth-order valence-electron chi connectivity index (χ4n) is 3.58. The van der Waals surface area contributed by atoms with Crippen LogP contribution in [0.25, 0.3) is 0 Å². The predicted molar refractivity (Wildman–Crippen MR) is 74.1 cm³/mol. The number of nitrogens with one attached hydrogen (secondary N) is 1. The molecule has 1 amide bonds. The number of nitrogens with two attached hydrogens (primary N) is 1. The highest BCUT2D eigenvalue weighted by atomic mass is 16.2. The van der Waals surface area contributed by atoms with Crippen molar-refractivity contribution in [2.24, 2.45) is 17.1 Å². The fourth-order valence-corrected chi connectivity index (χ4v) is 3.58. The normalized spacial score (nSPS) is 31.9. The van der Waals surface area contributed by atoms with Gasteiger partial charge >= 0.3 is 0 Å². The van der Waals surface area contributed by atoms with E-state index in [1.807, 2.05) is 0 Å². The summed E-state index contributed by atoms with van der Waals surface area (Å²) in [7, 11) is 0. The van der Waals surface area contributed by atoms with Crippen LogP contribution in [0.1, 0.15) is 64.7 Å². The predicted octanol–water partition coefficient (Wildman–Crippen LogP) is 2.59. The van der Waals surface area contributed by atoms with Gasteiger partial charge in [-0.2, -0.15) is 0 Å². The van der Waals surface area contributed by atoms with E-state index in [2.05, 4.69) is 12.2 Å². The summed E-state index contributed by atoms with van der Waals surface area (Å²) in [6.07, 6.45) is 10.6. The number of rotatable bonds is 3. The minimum Gasteiger partial charge on any atom is -0.353 e. The molecule has 2 aliphatic carbocycles. The lowest BCUT2D eigenvalue weighted by Crippen LogP contribution is -2.50. The van der Waals surface area contributed by atoms with Gasteiger partial charge in [-0.25, -0.2) is 0 Å². The van der Waals surface area contributed by atoms with Crippen LogP contribution in [0, 0.1) is 11.3 Å². The molecule has 0 aromatic rings. The van der Waals surface area contributed by atoms with Gasteiger partial charge in [-0.1, -0.05) is 39.0 Å². The van der Waals surface area contributed by atoms with Gasteiger partial charge in [-0.15, -0.1) is 0 Å². The second-order valence-electron chi connectivity index (χ2n) is 6.48. The Bertz CT molecular complexity index is 284. The van der Waals surface area contributed by atoms with Crippen LogP contribution < -0.4 is 11.1 Å². The molecular formula is C15H28N2O. The maximum atomic E-state index is 12.5. The molecule has 2 unspecified atom stereocenters. The van der Waals surface area contributed by atoms with E-state index in [9.17, 15) is 4.79 Å². The molecule has 3 nitrogen and oxygen atoms in total. The molecule has 2 saturated carbocycles. The van der Waals surface area contributed by atoms with E-state index in [1.165, 1.54) is 38.5 Å². The molecule has 104 valence electrons. The second-order valence-corrected chi connectivity index (χ2v) is 6.48. The van der Waals surface area contributed by atoms with E-state index < -0.39 is 0 Å². The topological polar surface area (TPSA) is 55.1 Å². The van der Waals surface area contributed by atoms with Crippen LogP contribution in [0.4, 0.5) is 0 Å². The van der Waals surface area contributed by atoms with Crippen molar-refractivity contribution in [2.75, 3.05) is 6.54 Å². The van der Waals surface area contributed by atoms with Gasteiger partial charge in [-0.05, 0) is 38.1 Å². The van der Waals surface area contributed by atoms with Crippen molar-refractivity contribution in [3.8, 4) is 0 Å². The van der Waals surface area contributed by atoms with Gasteiger partial charge in [0.05, 0.1) is 0 Å². The lowest BCUT2D eigenvalue weighted by molar-refractivity contribution is -0.133. The Morgan fingerprint density at radius 1 is 1.17 bits per heavy atom. The minimum absolute atomic E-state index is 0.116. The van der Waals surface area contributed by atoms with Crippen molar-refractivity contribution >= 4 is 5.91 Å². The molecule has 0 aromatic carbocycles. The molecule has 2 atom stereocenters. The van der Waals surface area contributed by atoms with Crippen molar-refractivity contribution in [1.29, 1.82) is 0 Å². The first kappa shape index (κ1) is 13.9. The number of amides is 1. The summed E-state index contributed by atoms with van der Waals surface area (Å²) in [6, 6.07) is 0.329. The highest BCUT2D eigenvalue weighted by molar-refractivity contribution is 5.82. The lowest BCUT2D eigenvalue weighted by atomic mass is 9.74. The summed E-state index contributed by atoms with van der Waals surface area (Å²) in [5, 5.41) is 3.31. The van der Waals surface area contributed by atoms with Gasteiger partial charge in [0, 0.05) is 11.5 Å². The largest absolute Gasteiger partial charge is 0.353 e. The summed E-state index contributed by atoms with van der Waals surface area (Å²) in [5.41, 5.74) is 5.71. The Labute approximate surface area is 111 Å². The smallest absolute Gasteiger partial charge is 0.226 e. The Morgan fingerprint density at radius 3 is 2.50 bits per heavy atom. The molecule has 0 radical (unpaired) electrons. The SMILES string of the molecule is CC1(C(=O)NC2CCCCC2CN)CCCCC1. The molecular weight excluding hydrogens is 224 g/mol. The van der Waals surface area contributed by atoms with Crippen LogP contribution in [0.15, 0.2) is 0 Å². The van der Waals surface area contributed by atoms with Gasteiger partial charge in [0.2, 0.25) is 5.91 Å². The van der Waals surface area contributed by atoms with Crippen molar-refractivity contribution in [1.82, 2.24) is 5.32 Å². The maximum Gasteiger partial charge on any atom is 0.226 e. The van der Waals surface area contributed by atoms with Gasteiger partial charge in [-0.3, -0.25) is 4.79 Å². The zero-order valence-corrected chi connectivity index (χ0v) is 11.7. The molecule has 2 fully saturated rings. The van der Waals surface area contributed by atoms with E-state index in [4.69, 9.17) is 5.73 Å². The molecule has 18 heavy (non-hydrogen) atoms. The van der Waals surface area contributed by atoms with Crippen LogP contribution in [-0.2, 0) is 4.79 Å². The zero-order valence-electron chi connectivity index (χ0n) is 11.7. The zero-order chi connectivity index (χ0) is 13.0. The number of hydrogen-bond donors (Lipinski definition) is 2. The van der Waals surface area contributed by atoms with Crippen LogP contribution >= 0.6 is 0 Å². The molecule has 0 heterocycles. The number of carbonyl (C=O) groups is 1. The quantitative estimate of drug-likeness (QED) is 0.811. The van der Waals surface area contributed by atoms with Crippen molar-refractivity contribution in [3.63, 3.8) is 0 Å². The molecule has 0 spiro atoms. The Morgan fingerprint density at radius 2 is 1.83 bits per heavy atom. The van der Waals surface area contributed by atoms with Crippen LogP contribution in [0.3, 0.4) is 0 Å². The van der Waals surface area contributed by atoms with E-state index in [-0.39, 0.29) is 11.3 Å². The van der Waals surface area contributed by atoms with Crippen LogP contribution in [0.5, 0.6) is 0 Å². The average molecular weight is 252 g/mol. The maximum absolute atomic E-state index is 12.5. The van der Waals surface area contributed by atoms with Gasteiger partial charge in [0.15, 0.2) is 0 Å². The number of hydrogen-bond acceptors (Lipinski definition) is 2. The average Bonchev–Trinajstić information content (AvgIpc) is 2.40. The van der Waals surface area contributed by atoms with E-state index in [0.29, 0.717) is 18.5 Å². The molecule has 2 rings (SSSR count). The van der Waals surface area contributed by atoms with Crippen molar-refractivity contribution in [3.05, 3.63) is 0 Å². The summed E-state index contributed by atoms with van der Waals surface area (Å²) in [4.78, 5) is 12.5. The first-order valence-electron chi connectivity index (χ1n) is 7.67. The molecule has 3 heteroatoms.